The molecule has 3 rings (SSSR count). The second-order valence-electron chi connectivity index (χ2n) is 6.01. The quantitative estimate of drug-likeness (QED) is 0.536. The van der Waals surface area contributed by atoms with Crippen molar-refractivity contribution in [3.63, 3.8) is 0 Å². The van der Waals surface area contributed by atoms with Crippen LogP contribution in [0.2, 0.25) is 5.02 Å². The van der Waals surface area contributed by atoms with Crippen molar-refractivity contribution in [3.05, 3.63) is 62.6 Å². The Morgan fingerprint density at radius 2 is 1.93 bits per heavy atom. The summed E-state index contributed by atoms with van der Waals surface area (Å²) in [5.41, 5.74) is 1.48. The van der Waals surface area contributed by atoms with Crippen molar-refractivity contribution >= 4 is 57.1 Å². The van der Waals surface area contributed by atoms with Crippen LogP contribution in [0.15, 0.2) is 46.4 Å². The number of benzene rings is 2. The summed E-state index contributed by atoms with van der Waals surface area (Å²) in [6, 6.07) is 9.12. The lowest BCUT2D eigenvalue weighted by molar-refractivity contribution is -0.122. The van der Waals surface area contributed by atoms with E-state index in [2.05, 4.69) is 21.2 Å². The van der Waals surface area contributed by atoms with Crippen molar-refractivity contribution in [3.8, 4) is 5.75 Å². The number of nitrogens with one attached hydrogen (secondary N) is 1. The maximum Gasteiger partial charge on any atom is 0.335 e. The fraction of sp³-hybridized carbons (Fsp3) is 0.150. The molecule has 6 nitrogen and oxygen atoms in total. The second-order valence-corrected chi connectivity index (χ2v) is 7.30. The van der Waals surface area contributed by atoms with E-state index in [9.17, 15) is 14.4 Å². The van der Waals surface area contributed by atoms with E-state index in [0.29, 0.717) is 28.6 Å². The van der Waals surface area contributed by atoms with Crippen LogP contribution < -0.4 is 15.0 Å². The van der Waals surface area contributed by atoms with E-state index in [1.54, 1.807) is 36.4 Å². The molecule has 1 heterocycles. The molecule has 0 unspecified atom stereocenters. The standard InChI is InChI=1S/C20H16BrClN2O4/c1-3-28-17-7-4-13(22)9-12(17)10-15-18(25)23-20(27)24(19(15)26)14-5-6-16(21)11(2)8-14/h4-10H,3H2,1-2H3,(H,23,25,27)/b15-10-. The summed E-state index contributed by atoms with van der Waals surface area (Å²) in [5, 5.41) is 2.63. The van der Waals surface area contributed by atoms with Gasteiger partial charge in [-0.05, 0) is 61.9 Å². The van der Waals surface area contributed by atoms with Crippen molar-refractivity contribution in [2.24, 2.45) is 0 Å². The molecule has 0 aromatic heterocycles. The molecule has 0 saturated carbocycles. The summed E-state index contributed by atoms with van der Waals surface area (Å²) < 4.78 is 6.37. The van der Waals surface area contributed by atoms with E-state index >= 15 is 0 Å². The van der Waals surface area contributed by atoms with Gasteiger partial charge >= 0.3 is 6.03 Å². The molecule has 0 atom stereocenters. The molecule has 8 heteroatoms. The van der Waals surface area contributed by atoms with E-state index in [1.807, 2.05) is 13.8 Å². The highest BCUT2D eigenvalue weighted by atomic mass is 79.9. The lowest BCUT2D eigenvalue weighted by Crippen LogP contribution is -2.54. The van der Waals surface area contributed by atoms with Crippen LogP contribution in [0, 0.1) is 6.92 Å². The first-order chi connectivity index (χ1) is 13.3. The van der Waals surface area contributed by atoms with Crippen LogP contribution in [0.5, 0.6) is 5.75 Å². The number of hydrogen-bond donors (Lipinski definition) is 1. The number of barbiturate groups is 1. The molecular weight excluding hydrogens is 448 g/mol. The Hall–Kier alpha value is -2.64. The van der Waals surface area contributed by atoms with Crippen LogP contribution in [0.4, 0.5) is 10.5 Å². The molecule has 1 aliphatic rings. The average Bonchev–Trinajstić information content (AvgIpc) is 2.63. The van der Waals surface area contributed by atoms with Crippen LogP contribution >= 0.6 is 27.5 Å². The first kappa shape index (κ1) is 20.1. The van der Waals surface area contributed by atoms with E-state index in [1.165, 1.54) is 6.08 Å². The van der Waals surface area contributed by atoms with Crippen molar-refractivity contribution < 1.29 is 19.1 Å². The number of imide groups is 2. The smallest absolute Gasteiger partial charge is 0.335 e. The summed E-state index contributed by atoms with van der Waals surface area (Å²) in [6.07, 6.45) is 1.37. The van der Waals surface area contributed by atoms with E-state index < -0.39 is 17.8 Å². The second kappa shape index (κ2) is 8.16. The first-order valence-electron chi connectivity index (χ1n) is 8.41. The molecule has 144 valence electrons. The Kier molecular flexibility index (Phi) is 5.86. The molecule has 0 radical (unpaired) electrons. The zero-order chi connectivity index (χ0) is 20.4. The van der Waals surface area contributed by atoms with Gasteiger partial charge in [0.25, 0.3) is 11.8 Å². The fourth-order valence-electron chi connectivity index (χ4n) is 2.73. The van der Waals surface area contributed by atoms with Gasteiger partial charge in [-0.25, -0.2) is 9.69 Å². The Labute approximate surface area is 175 Å². The van der Waals surface area contributed by atoms with Gasteiger partial charge in [0.15, 0.2) is 0 Å². The molecule has 2 aromatic rings. The number of halogens is 2. The highest BCUT2D eigenvalue weighted by Gasteiger charge is 2.37. The Morgan fingerprint density at radius 3 is 2.61 bits per heavy atom. The minimum atomic E-state index is -0.801. The normalized spacial score (nSPS) is 15.8. The van der Waals surface area contributed by atoms with Gasteiger partial charge in [-0.2, -0.15) is 0 Å². The zero-order valence-electron chi connectivity index (χ0n) is 15.1. The number of carbonyl (C=O) groups excluding carboxylic acids is 3. The number of ether oxygens (including phenoxy) is 1. The van der Waals surface area contributed by atoms with E-state index in [4.69, 9.17) is 16.3 Å². The Bertz CT molecular complexity index is 1020. The molecule has 4 amide bonds. The Balaban J connectivity index is 2.06. The third kappa shape index (κ3) is 3.95. The predicted octanol–water partition coefficient (Wildman–Crippen LogP) is 4.48. The number of carbonyl (C=O) groups is 3. The lowest BCUT2D eigenvalue weighted by atomic mass is 10.1. The van der Waals surface area contributed by atoms with Crippen LogP contribution in [0.3, 0.4) is 0 Å². The van der Waals surface area contributed by atoms with Gasteiger partial charge in [-0.1, -0.05) is 27.5 Å². The topological polar surface area (TPSA) is 75.7 Å². The largest absolute Gasteiger partial charge is 0.493 e. The number of hydrogen-bond acceptors (Lipinski definition) is 4. The molecule has 0 spiro atoms. The van der Waals surface area contributed by atoms with Crippen molar-refractivity contribution in [1.82, 2.24) is 5.32 Å². The van der Waals surface area contributed by atoms with E-state index in [0.717, 1.165) is 14.9 Å². The predicted molar refractivity (Wildman–Crippen MR) is 111 cm³/mol. The van der Waals surface area contributed by atoms with E-state index in [-0.39, 0.29) is 5.57 Å². The maximum atomic E-state index is 13.0. The van der Waals surface area contributed by atoms with Gasteiger partial charge in [0.05, 0.1) is 12.3 Å². The molecular formula is C20H16BrClN2O4. The molecule has 0 bridgehead atoms. The van der Waals surface area contributed by atoms with Crippen LogP contribution in [0.25, 0.3) is 6.08 Å². The number of anilines is 1. The van der Waals surface area contributed by atoms with Gasteiger partial charge in [0.1, 0.15) is 11.3 Å². The SMILES string of the molecule is CCOc1ccc(Cl)cc1/C=C1/C(=O)NC(=O)N(c2ccc(Br)c(C)c2)C1=O. The summed E-state index contributed by atoms with van der Waals surface area (Å²) in [7, 11) is 0. The molecule has 1 aliphatic heterocycles. The van der Waals surface area contributed by atoms with Crippen molar-refractivity contribution in [2.45, 2.75) is 13.8 Å². The zero-order valence-corrected chi connectivity index (χ0v) is 17.4. The lowest BCUT2D eigenvalue weighted by Gasteiger charge is -2.26. The molecule has 1 N–H and O–H groups in total. The Morgan fingerprint density at radius 1 is 1.18 bits per heavy atom. The number of urea groups is 1. The van der Waals surface area contributed by atoms with Gasteiger partial charge in [0, 0.05) is 15.1 Å². The maximum absolute atomic E-state index is 13.0. The fourth-order valence-corrected chi connectivity index (χ4v) is 3.16. The highest BCUT2D eigenvalue weighted by molar-refractivity contribution is 9.10. The monoisotopic (exact) mass is 462 g/mol. The molecule has 2 aromatic carbocycles. The first-order valence-corrected chi connectivity index (χ1v) is 9.59. The van der Waals surface area contributed by atoms with Crippen LogP contribution in [0.1, 0.15) is 18.1 Å². The molecule has 1 saturated heterocycles. The summed E-state index contributed by atoms with van der Waals surface area (Å²) in [4.78, 5) is 38.6. The molecule has 1 fully saturated rings. The van der Waals surface area contributed by atoms with Crippen molar-refractivity contribution in [1.29, 1.82) is 0 Å². The van der Waals surface area contributed by atoms with Gasteiger partial charge < -0.3 is 4.74 Å². The van der Waals surface area contributed by atoms with Crippen molar-refractivity contribution in [2.75, 3.05) is 11.5 Å². The third-order valence-electron chi connectivity index (χ3n) is 4.07. The summed E-state index contributed by atoms with van der Waals surface area (Å²) >= 11 is 9.43. The third-order valence-corrected chi connectivity index (χ3v) is 5.20. The van der Waals surface area contributed by atoms with Gasteiger partial charge in [0.2, 0.25) is 0 Å². The van der Waals surface area contributed by atoms with Gasteiger partial charge in [-0.3, -0.25) is 14.9 Å². The molecule has 28 heavy (non-hydrogen) atoms. The molecule has 0 aliphatic carbocycles. The number of aryl methyl sites for hydroxylation is 1. The highest BCUT2D eigenvalue weighted by Crippen LogP contribution is 2.29. The number of rotatable bonds is 4. The number of nitrogens with zero attached hydrogens (tertiary/aromatic N) is 1. The average molecular weight is 464 g/mol. The summed E-state index contributed by atoms with van der Waals surface area (Å²) in [6.45, 7) is 4.06. The van der Waals surface area contributed by atoms with Crippen LogP contribution in [-0.2, 0) is 9.59 Å². The minimum absolute atomic E-state index is 0.191. The summed E-state index contributed by atoms with van der Waals surface area (Å²) in [5.74, 6) is -1.02. The van der Waals surface area contributed by atoms with Gasteiger partial charge in [-0.15, -0.1) is 0 Å². The minimum Gasteiger partial charge on any atom is -0.493 e. The van der Waals surface area contributed by atoms with Crippen LogP contribution in [-0.4, -0.2) is 24.5 Å². The number of amides is 4.